The summed E-state index contributed by atoms with van der Waals surface area (Å²) in [5, 5.41) is 6.89. The fourth-order valence-corrected chi connectivity index (χ4v) is 3.22. The van der Waals surface area contributed by atoms with Gasteiger partial charge in [0.1, 0.15) is 5.82 Å². The third-order valence-electron chi connectivity index (χ3n) is 5.23. The van der Waals surface area contributed by atoms with Crippen molar-refractivity contribution in [2.24, 2.45) is 0 Å². The summed E-state index contributed by atoms with van der Waals surface area (Å²) in [6.07, 6.45) is 11.4. The van der Waals surface area contributed by atoms with Gasteiger partial charge < -0.3 is 14.9 Å². The smallest absolute Gasteiger partial charge is 0.290 e. The van der Waals surface area contributed by atoms with E-state index >= 15 is 0 Å². The summed E-state index contributed by atoms with van der Waals surface area (Å²) in [5.74, 6) is 1.50. The third kappa shape index (κ3) is 7.03. The molecule has 7 heteroatoms. The third-order valence-corrected chi connectivity index (χ3v) is 5.23. The Morgan fingerprint density at radius 1 is 1.21 bits per heavy atom. The van der Waals surface area contributed by atoms with Crippen LogP contribution in [0.15, 0.2) is 24.0 Å². The first-order valence-electron chi connectivity index (χ1n) is 10.2. The van der Waals surface area contributed by atoms with Crippen LogP contribution in [0.2, 0.25) is 0 Å². The van der Waals surface area contributed by atoms with E-state index < -0.39 is 0 Å². The molecule has 1 amide bonds. The van der Waals surface area contributed by atoms with Gasteiger partial charge in [-0.3, -0.25) is 9.59 Å². The van der Waals surface area contributed by atoms with Gasteiger partial charge in [0, 0.05) is 44.5 Å². The van der Waals surface area contributed by atoms with Crippen molar-refractivity contribution in [3.8, 4) is 0 Å². The molecule has 0 spiro atoms. The Balaban J connectivity index is 0.000000878. The summed E-state index contributed by atoms with van der Waals surface area (Å²) in [5.41, 5.74) is 2.08. The fraction of sp³-hybridized carbons (Fsp3) is 0.619. The molecule has 154 valence electrons. The number of amides is 1. The summed E-state index contributed by atoms with van der Waals surface area (Å²) in [6, 6.07) is 0. The highest BCUT2D eigenvalue weighted by atomic mass is 16.3. The summed E-state index contributed by atoms with van der Waals surface area (Å²) >= 11 is 0. The molecule has 1 aliphatic carbocycles. The second kappa shape index (κ2) is 11.5. The zero-order valence-corrected chi connectivity index (χ0v) is 17.0. The van der Waals surface area contributed by atoms with Gasteiger partial charge in [-0.2, -0.15) is 0 Å². The molecule has 1 aromatic heterocycles. The van der Waals surface area contributed by atoms with Gasteiger partial charge in [0.25, 0.3) is 12.4 Å². The lowest BCUT2D eigenvalue weighted by Gasteiger charge is -2.21. The largest absolute Gasteiger partial charge is 0.483 e. The summed E-state index contributed by atoms with van der Waals surface area (Å²) < 4.78 is 0. The Hall–Kier alpha value is -2.28. The molecule has 0 bridgehead atoms. The summed E-state index contributed by atoms with van der Waals surface area (Å²) in [6.45, 7) is 8.86. The van der Waals surface area contributed by atoms with E-state index in [1.54, 1.807) is 12.4 Å². The van der Waals surface area contributed by atoms with Crippen LogP contribution in [0.3, 0.4) is 0 Å². The Kier molecular flexibility index (Phi) is 9.07. The molecule has 1 aliphatic heterocycles. The minimum atomic E-state index is -0.250. The number of allylic oxidation sites excluding steroid dienone is 1. The molecule has 0 radical (unpaired) electrons. The van der Waals surface area contributed by atoms with Gasteiger partial charge in [-0.05, 0) is 45.6 Å². The van der Waals surface area contributed by atoms with Crippen LogP contribution in [0.25, 0.3) is 0 Å². The van der Waals surface area contributed by atoms with E-state index in [0.29, 0.717) is 11.5 Å². The van der Waals surface area contributed by atoms with E-state index in [4.69, 9.17) is 9.90 Å². The highest BCUT2D eigenvalue weighted by Gasteiger charge is 2.27. The van der Waals surface area contributed by atoms with Crippen LogP contribution in [-0.2, 0) is 4.79 Å². The first-order chi connectivity index (χ1) is 13.6. The maximum absolute atomic E-state index is 12.7. The molecule has 0 unspecified atom stereocenters. The van der Waals surface area contributed by atoms with Crippen LogP contribution in [0.1, 0.15) is 68.1 Å². The molecule has 2 heterocycles. The molecule has 1 saturated heterocycles. The second-order valence-electron chi connectivity index (χ2n) is 7.39. The zero-order valence-electron chi connectivity index (χ0n) is 17.0. The molecule has 2 fully saturated rings. The summed E-state index contributed by atoms with van der Waals surface area (Å²) in [7, 11) is 0. The number of hydrogen-bond acceptors (Lipinski definition) is 5. The normalized spacial score (nSPS) is 18.1. The van der Waals surface area contributed by atoms with Crippen molar-refractivity contribution in [1.29, 1.82) is 0 Å². The standard InChI is InChI=1S/C20H30N4O.CH2O2/c1-3-16(2)6-4-9-23-10-5-11-24(13-12-23)20(25)18-14-21-19(22-15-18)17-7-8-17;2-1-3/h6,14-15,17H,3-5,7-13H2,1-2H3;1H,(H,2,3). The van der Waals surface area contributed by atoms with Crippen LogP contribution < -0.4 is 0 Å². The van der Waals surface area contributed by atoms with Crippen molar-refractivity contribution < 1.29 is 14.7 Å². The molecule has 2 aliphatic rings. The van der Waals surface area contributed by atoms with Crippen molar-refractivity contribution in [3.63, 3.8) is 0 Å². The maximum Gasteiger partial charge on any atom is 0.290 e. The number of carbonyl (C=O) groups is 2. The lowest BCUT2D eigenvalue weighted by molar-refractivity contribution is -0.122. The quantitative estimate of drug-likeness (QED) is 0.596. The van der Waals surface area contributed by atoms with Crippen LogP contribution >= 0.6 is 0 Å². The van der Waals surface area contributed by atoms with Gasteiger partial charge in [0.05, 0.1) is 5.56 Å². The van der Waals surface area contributed by atoms with Crippen LogP contribution in [-0.4, -0.2) is 70.0 Å². The number of nitrogens with zero attached hydrogens (tertiary/aromatic N) is 4. The number of carbonyl (C=O) groups excluding carboxylic acids is 1. The van der Waals surface area contributed by atoms with Crippen molar-refractivity contribution in [2.45, 2.75) is 51.9 Å². The lowest BCUT2D eigenvalue weighted by Crippen LogP contribution is -2.35. The molecule has 7 nitrogen and oxygen atoms in total. The molecule has 0 atom stereocenters. The van der Waals surface area contributed by atoms with Crippen LogP contribution in [0, 0.1) is 0 Å². The maximum atomic E-state index is 12.7. The average Bonchev–Trinajstić information content (AvgIpc) is 3.56. The monoisotopic (exact) mass is 388 g/mol. The van der Waals surface area contributed by atoms with Crippen LogP contribution in [0.4, 0.5) is 0 Å². The van der Waals surface area contributed by atoms with Gasteiger partial charge in [-0.1, -0.05) is 18.6 Å². The molecule has 3 rings (SSSR count). The molecule has 1 aromatic rings. The average molecular weight is 389 g/mol. The van der Waals surface area contributed by atoms with Gasteiger partial charge >= 0.3 is 0 Å². The highest BCUT2D eigenvalue weighted by Crippen LogP contribution is 2.37. The van der Waals surface area contributed by atoms with E-state index in [-0.39, 0.29) is 12.4 Å². The van der Waals surface area contributed by atoms with Crippen LogP contribution in [0.5, 0.6) is 0 Å². The van der Waals surface area contributed by atoms with Gasteiger partial charge in [-0.15, -0.1) is 0 Å². The molecule has 1 saturated carbocycles. The molecule has 0 aromatic carbocycles. The Morgan fingerprint density at radius 2 is 1.89 bits per heavy atom. The number of hydrogen-bond donors (Lipinski definition) is 1. The van der Waals surface area contributed by atoms with E-state index in [0.717, 1.165) is 57.8 Å². The second-order valence-corrected chi connectivity index (χ2v) is 7.39. The first kappa shape index (κ1) is 22.0. The van der Waals surface area contributed by atoms with Crippen molar-refractivity contribution in [1.82, 2.24) is 19.8 Å². The molecule has 1 N–H and O–H groups in total. The van der Waals surface area contributed by atoms with Gasteiger partial charge in [0.15, 0.2) is 0 Å². The van der Waals surface area contributed by atoms with E-state index in [9.17, 15) is 4.79 Å². The predicted molar refractivity (Wildman–Crippen MR) is 108 cm³/mol. The van der Waals surface area contributed by atoms with Crippen molar-refractivity contribution in [2.75, 3.05) is 32.7 Å². The zero-order chi connectivity index (χ0) is 20.4. The minimum absolute atomic E-state index is 0.0749. The topological polar surface area (TPSA) is 86.6 Å². The Morgan fingerprint density at radius 3 is 2.50 bits per heavy atom. The molecular weight excluding hydrogens is 356 g/mol. The predicted octanol–water partition coefficient (Wildman–Crippen LogP) is 2.95. The van der Waals surface area contributed by atoms with Crippen molar-refractivity contribution >= 4 is 12.4 Å². The van der Waals surface area contributed by atoms with Crippen molar-refractivity contribution in [3.05, 3.63) is 35.4 Å². The number of carboxylic acid groups (broad SMARTS) is 1. The Bertz CT molecular complexity index is 656. The Labute approximate surface area is 167 Å². The molecular formula is C21H32N4O3. The fourth-order valence-electron chi connectivity index (χ4n) is 3.22. The van der Waals surface area contributed by atoms with E-state index in [1.807, 2.05) is 4.90 Å². The summed E-state index contributed by atoms with van der Waals surface area (Å²) in [4.78, 5) is 34.3. The van der Waals surface area contributed by atoms with Gasteiger partial charge in [0.2, 0.25) is 0 Å². The minimum Gasteiger partial charge on any atom is -0.483 e. The SMILES string of the molecule is CCC(C)=CCCN1CCCN(C(=O)c2cnc(C3CC3)nc2)CC1.O=CO. The van der Waals surface area contributed by atoms with Gasteiger partial charge in [-0.25, -0.2) is 9.97 Å². The van der Waals surface area contributed by atoms with E-state index in [1.165, 1.54) is 18.4 Å². The van der Waals surface area contributed by atoms with E-state index in [2.05, 4.69) is 34.8 Å². The highest BCUT2D eigenvalue weighted by molar-refractivity contribution is 5.93. The lowest BCUT2D eigenvalue weighted by atomic mass is 10.2. The first-order valence-corrected chi connectivity index (χ1v) is 10.2. The number of rotatable bonds is 6. The number of aromatic nitrogens is 2. The molecule has 28 heavy (non-hydrogen) atoms.